The summed E-state index contributed by atoms with van der Waals surface area (Å²) in [6.07, 6.45) is 4.30. The quantitative estimate of drug-likeness (QED) is 0.112. The Labute approximate surface area is 414 Å². The Morgan fingerprint density at radius 2 is 1.36 bits per heavy atom. The summed E-state index contributed by atoms with van der Waals surface area (Å²) in [4.78, 5) is 9.98. The van der Waals surface area contributed by atoms with Gasteiger partial charge in [0.25, 0.3) is 0 Å². The van der Waals surface area contributed by atoms with Crippen LogP contribution in [0, 0.1) is 23.0 Å². The minimum atomic E-state index is -1.90. The van der Waals surface area contributed by atoms with Crippen LogP contribution < -0.4 is 4.40 Å². The normalized spacial score (nSPS) is 12.3. The second kappa shape index (κ2) is 19.5. The van der Waals surface area contributed by atoms with Gasteiger partial charge in [0, 0.05) is 31.4 Å². The van der Waals surface area contributed by atoms with E-state index in [-0.39, 0.29) is 30.9 Å². The van der Waals surface area contributed by atoms with E-state index in [1.807, 2.05) is 29.5 Å². The van der Waals surface area contributed by atoms with Crippen LogP contribution in [0.25, 0.3) is 65.0 Å². The molecule has 0 N–H and O–H groups in total. The van der Waals surface area contributed by atoms with Crippen LogP contribution in [0.3, 0.4) is 0 Å². The van der Waals surface area contributed by atoms with Crippen LogP contribution in [0.2, 0.25) is 17.3 Å². The number of imidazole rings is 1. The Balaban J connectivity index is 0.000000249. The van der Waals surface area contributed by atoms with Crippen LogP contribution >= 0.6 is 11.3 Å². The van der Waals surface area contributed by atoms with Crippen molar-refractivity contribution in [3.8, 4) is 33.8 Å². The molecule has 0 atom stereocenters. The van der Waals surface area contributed by atoms with E-state index in [0.29, 0.717) is 5.41 Å². The molecule has 0 unspecified atom stereocenters. The first-order valence-electron chi connectivity index (χ1n) is 23.2. The predicted octanol–water partition coefficient (Wildman–Crippen LogP) is 16.2. The number of fused-ring (bicyclic) bond motifs is 4. The average Bonchev–Trinajstić information content (AvgIpc) is 3.80. The van der Waals surface area contributed by atoms with Gasteiger partial charge in [-0.1, -0.05) is 125 Å². The van der Waals surface area contributed by atoms with Crippen molar-refractivity contribution < 1.29 is 20.1 Å². The van der Waals surface area contributed by atoms with E-state index in [0.717, 1.165) is 53.1 Å². The summed E-state index contributed by atoms with van der Waals surface area (Å²) >= 11 is -0.0280. The molecule has 3 aromatic heterocycles. The molecule has 1 radical (unpaired) electrons. The van der Waals surface area contributed by atoms with Gasteiger partial charge in [0.2, 0.25) is 0 Å². The minimum absolute atomic E-state index is 0. The van der Waals surface area contributed by atoms with Crippen molar-refractivity contribution in [1.29, 1.82) is 0 Å². The van der Waals surface area contributed by atoms with Crippen molar-refractivity contribution in [2.24, 2.45) is 10.8 Å². The third-order valence-corrected chi connectivity index (χ3v) is 17.5. The molecule has 0 amide bonds. The molecule has 0 aliphatic heterocycles. The summed E-state index contributed by atoms with van der Waals surface area (Å²) in [5.74, 6) is 8.30. The largest absolute Gasteiger partial charge is 0.360 e. The first-order valence-corrected chi connectivity index (χ1v) is 31.3. The smallest absolute Gasteiger partial charge is 0.0770 e. The molecule has 0 aliphatic carbocycles. The van der Waals surface area contributed by atoms with E-state index in [9.17, 15) is 0 Å². The number of hydrogen-bond acceptors (Lipinski definition) is 3. The molecule has 3 nitrogen and oxygen atoms in total. The van der Waals surface area contributed by atoms with Gasteiger partial charge in [-0.15, -0.1) is 18.2 Å². The molecular weight excluding hydrogens is 1060 g/mol. The average molecular weight is 1130 g/mol. The summed E-state index contributed by atoms with van der Waals surface area (Å²) < 4.78 is 6.51. The second-order valence-electron chi connectivity index (χ2n) is 22.3. The van der Waals surface area contributed by atoms with Crippen molar-refractivity contribution in [3.63, 3.8) is 0 Å². The molecule has 0 saturated heterocycles. The van der Waals surface area contributed by atoms with Gasteiger partial charge >= 0.3 is 132 Å². The van der Waals surface area contributed by atoms with Gasteiger partial charge < -0.3 is 4.57 Å². The number of rotatable bonds is 8. The van der Waals surface area contributed by atoms with Crippen LogP contribution in [0.5, 0.6) is 0 Å². The van der Waals surface area contributed by atoms with Crippen molar-refractivity contribution >= 4 is 60.2 Å². The SMILES string of the molecule is CC(C)(C)Cc1cc(-c2[c-]cccc2)nc[c]1[Ge]([CH3])([CH3])[CH3].CC(C)(C)Cc1ccc2c(c1)sc1c(-c3nc4ccccc4n3Cc3ccc(C(C)(C)C)cc3-c3ccccc3)[c-]ccc12.[Ir]. The topological polar surface area (TPSA) is 30.7 Å². The maximum absolute atomic E-state index is 5.26. The summed E-state index contributed by atoms with van der Waals surface area (Å²) in [5, 5.41) is 2.59. The Morgan fingerprint density at radius 3 is 2.05 bits per heavy atom. The molecule has 9 aromatic rings. The Hall–Kier alpha value is -4.65. The Kier molecular flexibility index (Phi) is 14.6. The van der Waals surface area contributed by atoms with Gasteiger partial charge in [0.15, 0.2) is 0 Å². The van der Waals surface area contributed by atoms with Crippen molar-refractivity contribution in [3.05, 3.63) is 174 Å². The van der Waals surface area contributed by atoms with E-state index in [1.54, 1.807) is 0 Å². The summed E-state index contributed by atoms with van der Waals surface area (Å²) in [6, 6.07) is 54.9. The molecule has 6 aromatic carbocycles. The van der Waals surface area contributed by atoms with Gasteiger partial charge in [-0.3, -0.25) is 4.98 Å². The molecule has 3 heterocycles. The number of pyridine rings is 1. The fourth-order valence-corrected chi connectivity index (χ4v) is 13.5. The fraction of sp³-hybridized carbons (Fsp3) is 0.300. The van der Waals surface area contributed by atoms with Crippen LogP contribution in [0.1, 0.15) is 84.6 Å². The van der Waals surface area contributed by atoms with Gasteiger partial charge in [-0.25, -0.2) is 0 Å². The number of hydrogen-bond donors (Lipinski definition) is 0. The third kappa shape index (κ3) is 11.4. The Morgan fingerprint density at radius 1 is 0.652 bits per heavy atom. The van der Waals surface area contributed by atoms with E-state index >= 15 is 0 Å². The maximum Gasteiger partial charge on any atom is 0.0770 e. The van der Waals surface area contributed by atoms with Crippen molar-refractivity contribution in [2.45, 2.75) is 104 Å². The molecule has 66 heavy (non-hydrogen) atoms. The minimum Gasteiger partial charge on any atom is -0.360 e. The molecule has 0 fully saturated rings. The zero-order chi connectivity index (χ0) is 46.3. The number of aromatic nitrogens is 3. The second-order valence-corrected chi connectivity index (χ2v) is 33.9. The zero-order valence-electron chi connectivity index (χ0n) is 41.0. The number of thiophene rings is 1. The first kappa shape index (κ1) is 49.3. The molecule has 0 saturated carbocycles. The number of benzene rings is 6. The predicted molar refractivity (Wildman–Crippen MR) is 284 cm³/mol. The van der Waals surface area contributed by atoms with E-state index in [4.69, 9.17) is 9.97 Å². The summed E-state index contributed by atoms with van der Waals surface area (Å²) in [5.41, 5.74) is 14.0. The van der Waals surface area contributed by atoms with Crippen molar-refractivity contribution in [2.75, 3.05) is 0 Å². The third-order valence-electron chi connectivity index (χ3n) is 12.0. The van der Waals surface area contributed by atoms with Gasteiger partial charge in [0.1, 0.15) is 0 Å². The van der Waals surface area contributed by atoms with E-state index in [2.05, 4.69) is 218 Å². The van der Waals surface area contributed by atoms with Gasteiger partial charge in [-0.2, -0.15) is 11.3 Å². The first-order chi connectivity index (χ1) is 30.7. The van der Waals surface area contributed by atoms with Gasteiger partial charge in [-0.05, 0) is 73.4 Å². The van der Waals surface area contributed by atoms with Gasteiger partial charge in [0.05, 0.1) is 16.9 Å². The summed E-state index contributed by atoms with van der Waals surface area (Å²) in [7, 11) is 0. The monoisotopic (exact) mass is 1130 g/mol. The number of nitrogens with zero attached hydrogens (tertiary/aromatic N) is 3. The molecule has 0 bridgehead atoms. The van der Waals surface area contributed by atoms with Crippen LogP contribution in [-0.2, 0) is 44.9 Å². The molecule has 341 valence electrons. The fourth-order valence-electron chi connectivity index (χ4n) is 8.93. The Bertz CT molecular complexity index is 3100. The van der Waals surface area contributed by atoms with Crippen molar-refractivity contribution in [1.82, 2.24) is 14.5 Å². The van der Waals surface area contributed by atoms with E-state index < -0.39 is 13.3 Å². The van der Waals surface area contributed by atoms with E-state index in [1.165, 1.54) is 57.9 Å². The van der Waals surface area contributed by atoms with Crippen LogP contribution in [0.15, 0.2) is 140 Å². The molecule has 0 spiro atoms. The molecule has 0 aliphatic rings. The van der Waals surface area contributed by atoms with Crippen LogP contribution in [0.4, 0.5) is 0 Å². The van der Waals surface area contributed by atoms with Crippen LogP contribution in [-0.4, -0.2) is 27.8 Å². The summed E-state index contributed by atoms with van der Waals surface area (Å²) in [6.45, 7) is 21.4. The standard InChI is InChI=1S/C41H39N2S.C19H26GeN.Ir/c1-40(2,3)25-27-19-22-31-32-15-12-16-33(38(32)44-37(31)23-27)39-42-35-17-10-11-18-36(35)43(39)26-29-20-21-30(41(4,5)6)24-34(29)28-13-8-7-9-14-28;1-19(2,3)13-16-12-18(15-10-8-7-9-11-15)21-14-17(16)20(4,5)6;/h7-15,17-24H,25-26H2,1-6H3;7-10,12,14H,13H2,1-6H3;/q2*-1;. The molecule has 6 heteroatoms. The maximum atomic E-state index is 5.26. The number of para-hydroxylation sites is 2. The molecule has 9 rings (SSSR count). The zero-order valence-corrected chi connectivity index (χ0v) is 46.3. The molecular formula is C60H65GeIrN3S-2.